The molecule has 1 aromatic rings. The van der Waals surface area contributed by atoms with Crippen molar-refractivity contribution in [2.45, 2.75) is 6.04 Å². The van der Waals surface area contributed by atoms with Gasteiger partial charge in [0.2, 0.25) is 0 Å². The number of urea groups is 1. The molecule has 2 heterocycles. The van der Waals surface area contributed by atoms with Crippen molar-refractivity contribution in [3.63, 3.8) is 0 Å². The van der Waals surface area contributed by atoms with E-state index in [9.17, 15) is 9.59 Å². The second-order valence-corrected chi connectivity index (χ2v) is 5.76. The van der Waals surface area contributed by atoms with Crippen LogP contribution in [0.3, 0.4) is 0 Å². The molecule has 0 aromatic heterocycles. The van der Waals surface area contributed by atoms with Gasteiger partial charge in [-0.15, -0.1) is 0 Å². The number of nitrogens with zero attached hydrogens (tertiary/aromatic N) is 1. The summed E-state index contributed by atoms with van der Waals surface area (Å²) in [5.41, 5.74) is 1.93. The normalized spacial score (nSPS) is 19.5. The Morgan fingerprint density at radius 3 is 2.60 bits per heavy atom. The Morgan fingerprint density at radius 1 is 1.16 bits per heavy atom. The molecule has 0 fully saturated rings. The smallest absolute Gasteiger partial charge is 0.319 e. The molecule has 0 saturated carbocycles. The van der Waals surface area contributed by atoms with E-state index in [0.717, 1.165) is 5.56 Å². The Morgan fingerprint density at radius 2 is 1.92 bits per heavy atom. The maximum atomic E-state index is 12.8. The molecular weight excluding hydrogens is 326 g/mol. The van der Waals surface area contributed by atoms with Crippen molar-refractivity contribution < 1.29 is 23.8 Å². The number of benzene rings is 1. The number of amides is 3. The third-order valence-electron chi connectivity index (χ3n) is 4.33. The highest BCUT2D eigenvalue weighted by molar-refractivity contribution is 6.01. The van der Waals surface area contributed by atoms with Crippen molar-refractivity contribution in [3.05, 3.63) is 35.0 Å². The maximum absolute atomic E-state index is 12.8. The molecule has 25 heavy (non-hydrogen) atoms. The summed E-state index contributed by atoms with van der Waals surface area (Å²) in [7, 11) is 4.68. The summed E-state index contributed by atoms with van der Waals surface area (Å²) in [6, 6.07) is 4.46. The van der Waals surface area contributed by atoms with Crippen LogP contribution in [0.5, 0.6) is 11.5 Å². The maximum Gasteiger partial charge on any atom is 0.319 e. The average Bonchev–Trinajstić information content (AvgIpc) is 2.94. The molecule has 2 aliphatic heterocycles. The number of methoxy groups -OCH3 is 3. The van der Waals surface area contributed by atoms with Gasteiger partial charge in [-0.25, -0.2) is 4.79 Å². The summed E-state index contributed by atoms with van der Waals surface area (Å²) in [5, 5.41) is 5.55. The zero-order chi connectivity index (χ0) is 18.0. The first-order chi connectivity index (χ1) is 12.1. The lowest BCUT2D eigenvalue weighted by Crippen LogP contribution is -2.44. The Kier molecular flexibility index (Phi) is 4.80. The fourth-order valence-electron chi connectivity index (χ4n) is 3.09. The van der Waals surface area contributed by atoms with Crippen LogP contribution in [0, 0.1) is 0 Å². The number of hydrogen-bond donors (Lipinski definition) is 2. The molecule has 0 saturated heterocycles. The molecule has 2 N–H and O–H groups in total. The van der Waals surface area contributed by atoms with Crippen LogP contribution in [-0.4, -0.2) is 57.9 Å². The standard InChI is InChI=1S/C17H21N3O5/c1-23-7-6-20-9-11-14(16(20)21)15(19-17(22)18-11)10-4-5-12(24-2)13(8-10)25-3/h4-5,8,15H,6-7,9H2,1-3H3,(H2,18,19,22)/t15-/m0/s1. The van der Waals surface area contributed by atoms with Crippen molar-refractivity contribution >= 4 is 11.9 Å². The van der Waals surface area contributed by atoms with Crippen molar-refractivity contribution in [2.75, 3.05) is 41.0 Å². The van der Waals surface area contributed by atoms with Gasteiger partial charge in [0.25, 0.3) is 5.91 Å². The van der Waals surface area contributed by atoms with Gasteiger partial charge in [-0.2, -0.15) is 0 Å². The molecule has 8 nitrogen and oxygen atoms in total. The van der Waals surface area contributed by atoms with E-state index in [4.69, 9.17) is 14.2 Å². The number of nitrogens with one attached hydrogen (secondary N) is 2. The Bertz CT molecular complexity index is 731. The Labute approximate surface area is 145 Å². The summed E-state index contributed by atoms with van der Waals surface area (Å²) in [6.07, 6.45) is 0. The minimum absolute atomic E-state index is 0.112. The van der Waals surface area contributed by atoms with Gasteiger partial charge in [0, 0.05) is 13.7 Å². The quantitative estimate of drug-likeness (QED) is 0.795. The molecule has 2 aliphatic rings. The highest BCUT2D eigenvalue weighted by Gasteiger charge is 2.40. The summed E-state index contributed by atoms with van der Waals surface area (Å²) < 4.78 is 15.6. The summed E-state index contributed by atoms with van der Waals surface area (Å²) in [5.74, 6) is 1.01. The molecule has 0 aliphatic carbocycles. The third kappa shape index (κ3) is 3.12. The highest BCUT2D eigenvalue weighted by Crippen LogP contribution is 2.36. The van der Waals surface area contributed by atoms with Crippen LogP contribution >= 0.6 is 0 Å². The fraction of sp³-hybridized carbons (Fsp3) is 0.412. The van der Waals surface area contributed by atoms with Crippen LogP contribution in [0.2, 0.25) is 0 Å². The molecule has 8 heteroatoms. The Hall–Kier alpha value is -2.74. The molecule has 0 spiro atoms. The van der Waals surface area contributed by atoms with E-state index in [1.54, 1.807) is 38.4 Å². The van der Waals surface area contributed by atoms with Gasteiger partial charge >= 0.3 is 6.03 Å². The van der Waals surface area contributed by atoms with Gasteiger partial charge < -0.3 is 29.7 Å². The number of ether oxygens (including phenoxy) is 3. The minimum Gasteiger partial charge on any atom is -0.493 e. The second-order valence-electron chi connectivity index (χ2n) is 5.76. The third-order valence-corrected chi connectivity index (χ3v) is 4.33. The summed E-state index contributed by atoms with van der Waals surface area (Å²) >= 11 is 0. The van der Waals surface area contributed by atoms with Crippen LogP contribution < -0.4 is 20.1 Å². The SMILES string of the molecule is COCCN1CC2=C(C1=O)[C@H](c1ccc(OC)c(OC)c1)NC(=O)N2. The molecule has 0 radical (unpaired) electrons. The first-order valence-electron chi connectivity index (χ1n) is 7.89. The first-order valence-corrected chi connectivity index (χ1v) is 7.89. The first kappa shape index (κ1) is 17.1. The number of rotatable bonds is 6. The van der Waals surface area contributed by atoms with Crippen LogP contribution in [0.25, 0.3) is 0 Å². The molecule has 3 amide bonds. The summed E-state index contributed by atoms with van der Waals surface area (Å²) in [6.45, 7) is 1.28. The highest BCUT2D eigenvalue weighted by atomic mass is 16.5. The molecule has 3 rings (SSSR count). The van der Waals surface area contributed by atoms with Gasteiger partial charge in [0.05, 0.1) is 44.7 Å². The number of carbonyl (C=O) groups excluding carboxylic acids is 2. The van der Waals surface area contributed by atoms with Gasteiger partial charge in [-0.05, 0) is 17.7 Å². The van der Waals surface area contributed by atoms with Crippen molar-refractivity contribution in [2.24, 2.45) is 0 Å². The van der Waals surface area contributed by atoms with Gasteiger partial charge in [0.15, 0.2) is 11.5 Å². The number of hydrogen-bond acceptors (Lipinski definition) is 5. The molecule has 134 valence electrons. The fourth-order valence-corrected chi connectivity index (χ4v) is 3.09. The van der Waals surface area contributed by atoms with Gasteiger partial charge in [-0.1, -0.05) is 6.07 Å². The van der Waals surface area contributed by atoms with E-state index in [0.29, 0.717) is 42.5 Å². The predicted octanol–water partition coefficient (Wildman–Crippen LogP) is 0.800. The van der Waals surface area contributed by atoms with Crippen LogP contribution in [0.15, 0.2) is 29.5 Å². The van der Waals surface area contributed by atoms with Crippen molar-refractivity contribution in [1.29, 1.82) is 0 Å². The number of carbonyl (C=O) groups is 2. The molecule has 1 atom stereocenters. The van der Waals surface area contributed by atoms with Crippen molar-refractivity contribution in [3.8, 4) is 11.5 Å². The van der Waals surface area contributed by atoms with Crippen molar-refractivity contribution in [1.82, 2.24) is 15.5 Å². The predicted molar refractivity (Wildman–Crippen MR) is 89.4 cm³/mol. The topological polar surface area (TPSA) is 89.1 Å². The molecule has 1 aromatic carbocycles. The minimum atomic E-state index is -0.538. The van der Waals surface area contributed by atoms with E-state index < -0.39 is 6.04 Å². The lowest BCUT2D eigenvalue weighted by molar-refractivity contribution is -0.126. The van der Waals surface area contributed by atoms with Crippen LogP contribution in [0.1, 0.15) is 11.6 Å². The van der Waals surface area contributed by atoms with Crippen LogP contribution in [0.4, 0.5) is 4.79 Å². The monoisotopic (exact) mass is 347 g/mol. The lowest BCUT2D eigenvalue weighted by Gasteiger charge is -2.26. The van der Waals surface area contributed by atoms with Gasteiger partial charge in [-0.3, -0.25) is 4.79 Å². The van der Waals surface area contributed by atoms with E-state index in [1.165, 1.54) is 0 Å². The second kappa shape index (κ2) is 7.02. The largest absolute Gasteiger partial charge is 0.493 e. The average molecular weight is 347 g/mol. The summed E-state index contributed by atoms with van der Waals surface area (Å²) in [4.78, 5) is 26.5. The molecule has 0 unspecified atom stereocenters. The van der Waals surface area contributed by atoms with Gasteiger partial charge in [0.1, 0.15) is 0 Å². The molecule has 0 bridgehead atoms. The van der Waals surface area contributed by atoms with Crippen LogP contribution in [-0.2, 0) is 9.53 Å². The molecular formula is C17H21N3O5. The van der Waals surface area contributed by atoms with E-state index in [1.807, 2.05) is 6.07 Å². The Balaban J connectivity index is 1.94. The zero-order valence-corrected chi connectivity index (χ0v) is 14.4. The lowest BCUT2D eigenvalue weighted by atomic mass is 9.96. The van der Waals surface area contributed by atoms with E-state index >= 15 is 0 Å². The van der Waals surface area contributed by atoms with E-state index in [-0.39, 0.29) is 11.9 Å². The van der Waals surface area contributed by atoms with E-state index in [2.05, 4.69) is 10.6 Å². The zero-order valence-electron chi connectivity index (χ0n) is 14.4.